The van der Waals surface area contributed by atoms with Crippen molar-refractivity contribution in [1.82, 2.24) is 5.32 Å². The van der Waals surface area contributed by atoms with E-state index >= 15 is 0 Å². The summed E-state index contributed by atoms with van der Waals surface area (Å²) < 4.78 is 0. The summed E-state index contributed by atoms with van der Waals surface area (Å²) in [7, 11) is 0. The molecule has 1 aliphatic rings. The molecule has 0 heterocycles. The second-order valence-corrected chi connectivity index (χ2v) is 4.96. The van der Waals surface area contributed by atoms with E-state index in [1.807, 2.05) is 0 Å². The van der Waals surface area contributed by atoms with Crippen molar-refractivity contribution < 1.29 is 9.90 Å². The molecule has 1 fully saturated rings. The van der Waals surface area contributed by atoms with Crippen molar-refractivity contribution in [3.8, 4) is 0 Å². The largest absolute Gasteiger partial charge is 0.481 e. The molecule has 0 bridgehead atoms. The van der Waals surface area contributed by atoms with Gasteiger partial charge in [0.25, 0.3) is 0 Å². The zero-order chi connectivity index (χ0) is 10.1. The zero-order valence-corrected chi connectivity index (χ0v) is 8.68. The van der Waals surface area contributed by atoms with Crippen molar-refractivity contribution in [3.63, 3.8) is 0 Å². The van der Waals surface area contributed by atoms with Crippen LogP contribution in [0.25, 0.3) is 0 Å². The fraction of sp³-hybridized carbons (Fsp3) is 0.900. The highest BCUT2D eigenvalue weighted by molar-refractivity contribution is 5.73. The number of carbonyl (C=O) groups is 1. The molecule has 0 radical (unpaired) electrons. The second kappa shape index (κ2) is 3.29. The molecule has 0 unspecified atom stereocenters. The fourth-order valence-electron chi connectivity index (χ4n) is 1.39. The average molecular weight is 185 g/mol. The SMILES string of the molecule is CC1(NCC(C)(C)C(=O)O)CCC1. The number of aliphatic carboxylic acids is 1. The van der Waals surface area contributed by atoms with Crippen molar-refractivity contribution in [2.75, 3.05) is 6.54 Å². The Morgan fingerprint density at radius 1 is 1.54 bits per heavy atom. The number of carboxylic acids is 1. The third-order valence-corrected chi connectivity index (χ3v) is 2.99. The van der Waals surface area contributed by atoms with E-state index < -0.39 is 11.4 Å². The lowest BCUT2D eigenvalue weighted by atomic mass is 9.77. The first-order chi connectivity index (χ1) is 5.86. The quantitative estimate of drug-likeness (QED) is 0.700. The van der Waals surface area contributed by atoms with Crippen LogP contribution in [0.5, 0.6) is 0 Å². The van der Waals surface area contributed by atoms with Crippen LogP contribution in [0.3, 0.4) is 0 Å². The molecule has 2 N–H and O–H groups in total. The van der Waals surface area contributed by atoms with Crippen LogP contribution < -0.4 is 5.32 Å². The lowest BCUT2D eigenvalue weighted by Crippen LogP contribution is -2.52. The van der Waals surface area contributed by atoms with Gasteiger partial charge in [0.2, 0.25) is 0 Å². The third kappa shape index (κ3) is 2.44. The van der Waals surface area contributed by atoms with E-state index in [4.69, 9.17) is 5.11 Å². The minimum absolute atomic E-state index is 0.201. The molecule has 0 aromatic rings. The van der Waals surface area contributed by atoms with Crippen LogP contribution in [0.1, 0.15) is 40.0 Å². The van der Waals surface area contributed by atoms with E-state index in [1.165, 1.54) is 19.3 Å². The van der Waals surface area contributed by atoms with E-state index in [0.29, 0.717) is 6.54 Å². The number of hydrogen-bond acceptors (Lipinski definition) is 2. The predicted molar refractivity (Wildman–Crippen MR) is 51.7 cm³/mol. The molecule has 1 aliphatic carbocycles. The zero-order valence-electron chi connectivity index (χ0n) is 8.68. The highest BCUT2D eigenvalue weighted by Gasteiger charge is 2.35. The van der Waals surface area contributed by atoms with Gasteiger partial charge in [-0.15, -0.1) is 0 Å². The molecule has 3 heteroatoms. The highest BCUT2D eigenvalue weighted by Crippen LogP contribution is 2.31. The molecule has 0 atom stereocenters. The number of hydrogen-bond donors (Lipinski definition) is 2. The molecular weight excluding hydrogens is 166 g/mol. The van der Waals surface area contributed by atoms with Crippen molar-refractivity contribution in [2.45, 2.75) is 45.6 Å². The predicted octanol–water partition coefficient (Wildman–Crippen LogP) is 1.63. The third-order valence-electron chi connectivity index (χ3n) is 2.99. The van der Waals surface area contributed by atoms with E-state index in [9.17, 15) is 4.79 Å². The van der Waals surface area contributed by atoms with Gasteiger partial charge in [-0.05, 0) is 40.0 Å². The normalized spacial score (nSPS) is 20.8. The Balaban J connectivity index is 2.37. The lowest BCUT2D eigenvalue weighted by Gasteiger charge is -2.41. The van der Waals surface area contributed by atoms with E-state index in [1.54, 1.807) is 13.8 Å². The van der Waals surface area contributed by atoms with Crippen LogP contribution in [0.4, 0.5) is 0 Å². The molecule has 0 spiro atoms. The average Bonchev–Trinajstić information content (AvgIpc) is 1.97. The summed E-state index contributed by atoms with van der Waals surface area (Å²) in [6, 6.07) is 0. The van der Waals surface area contributed by atoms with Gasteiger partial charge in [0, 0.05) is 12.1 Å². The number of carboxylic acid groups (broad SMARTS) is 1. The fourth-order valence-corrected chi connectivity index (χ4v) is 1.39. The van der Waals surface area contributed by atoms with Crippen molar-refractivity contribution in [1.29, 1.82) is 0 Å². The monoisotopic (exact) mass is 185 g/mol. The van der Waals surface area contributed by atoms with E-state index in [-0.39, 0.29) is 5.54 Å². The summed E-state index contributed by atoms with van der Waals surface area (Å²) in [5.74, 6) is -0.733. The number of rotatable bonds is 4. The number of nitrogens with one attached hydrogen (secondary N) is 1. The maximum atomic E-state index is 10.8. The lowest BCUT2D eigenvalue weighted by molar-refractivity contribution is -0.146. The second-order valence-electron chi connectivity index (χ2n) is 4.96. The minimum atomic E-state index is -0.733. The van der Waals surface area contributed by atoms with Crippen molar-refractivity contribution in [3.05, 3.63) is 0 Å². The molecule has 1 rings (SSSR count). The van der Waals surface area contributed by atoms with Crippen LogP contribution in [0, 0.1) is 5.41 Å². The highest BCUT2D eigenvalue weighted by atomic mass is 16.4. The van der Waals surface area contributed by atoms with Gasteiger partial charge < -0.3 is 10.4 Å². The summed E-state index contributed by atoms with van der Waals surface area (Å²) in [6.07, 6.45) is 3.60. The molecule has 0 aromatic heterocycles. The Morgan fingerprint density at radius 2 is 2.08 bits per heavy atom. The van der Waals surface area contributed by atoms with Gasteiger partial charge in [-0.3, -0.25) is 4.79 Å². The van der Waals surface area contributed by atoms with Crippen molar-refractivity contribution in [2.24, 2.45) is 5.41 Å². The standard InChI is InChI=1S/C10H19NO2/c1-9(2,8(12)13)7-11-10(3)5-4-6-10/h11H,4-7H2,1-3H3,(H,12,13). The summed E-state index contributed by atoms with van der Waals surface area (Å²) in [5, 5.41) is 12.2. The molecule has 3 nitrogen and oxygen atoms in total. The first-order valence-corrected chi connectivity index (χ1v) is 4.84. The Kier molecular flexibility index (Phi) is 2.66. The van der Waals surface area contributed by atoms with Gasteiger partial charge >= 0.3 is 5.97 Å². The van der Waals surface area contributed by atoms with Gasteiger partial charge in [-0.1, -0.05) is 0 Å². The van der Waals surface area contributed by atoms with Gasteiger partial charge in [0.05, 0.1) is 5.41 Å². The first kappa shape index (κ1) is 10.5. The molecule has 0 amide bonds. The smallest absolute Gasteiger partial charge is 0.310 e. The molecule has 0 saturated heterocycles. The molecule has 0 aliphatic heterocycles. The van der Waals surface area contributed by atoms with Crippen LogP contribution in [0.15, 0.2) is 0 Å². The van der Waals surface area contributed by atoms with Crippen LogP contribution >= 0.6 is 0 Å². The Bertz CT molecular complexity index is 207. The molecule has 13 heavy (non-hydrogen) atoms. The first-order valence-electron chi connectivity index (χ1n) is 4.84. The van der Waals surface area contributed by atoms with E-state index in [0.717, 1.165) is 0 Å². The van der Waals surface area contributed by atoms with Crippen LogP contribution in [-0.2, 0) is 4.79 Å². The molecule has 0 aromatic carbocycles. The van der Waals surface area contributed by atoms with E-state index in [2.05, 4.69) is 12.2 Å². The van der Waals surface area contributed by atoms with Gasteiger partial charge in [-0.25, -0.2) is 0 Å². The summed E-state index contributed by atoms with van der Waals surface area (Å²) in [5.41, 5.74) is -0.453. The molecule has 76 valence electrons. The Hall–Kier alpha value is -0.570. The topological polar surface area (TPSA) is 49.3 Å². The van der Waals surface area contributed by atoms with Gasteiger partial charge in [0.1, 0.15) is 0 Å². The van der Waals surface area contributed by atoms with Crippen molar-refractivity contribution >= 4 is 5.97 Å². The Morgan fingerprint density at radius 3 is 2.38 bits per heavy atom. The maximum Gasteiger partial charge on any atom is 0.310 e. The molecular formula is C10H19NO2. The summed E-state index contributed by atoms with van der Waals surface area (Å²) in [4.78, 5) is 10.8. The van der Waals surface area contributed by atoms with Gasteiger partial charge in [0.15, 0.2) is 0 Å². The minimum Gasteiger partial charge on any atom is -0.481 e. The summed E-state index contributed by atoms with van der Waals surface area (Å²) in [6.45, 7) is 6.22. The van der Waals surface area contributed by atoms with Crippen LogP contribution in [-0.4, -0.2) is 23.2 Å². The van der Waals surface area contributed by atoms with Gasteiger partial charge in [-0.2, -0.15) is 0 Å². The maximum absolute atomic E-state index is 10.8. The summed E-state index contributed by atoms with van der Waals surface area (Å²) >= 11 is 0. The Labute approximate surface area is 79.5 Å². The molecule has 1 saturated carbocycles. The van der Waals surface area contributed by atoms with Crippen LogP contribution in [0.2, 0.25) is 0 Å².